The molecule has 1 saturated heterocycles. The van der Waals surface area contributed by atoms with Crippen molar-refractivity contribution in [2.24, 2.45) is 10.1 Å². The molecule has 1 fully saturated rings. The number of oxime groups is 1. The van der Waals surface area contributed by atoms with Crippen LogP contribution < -0.4 is 5.32 Å². The summed E-state index contributed by atoms with van der Waals surface area (Å²) < 4.78 is 13.4. The first-order valence-corrected chi connectivity index (χ1v) is 9.95. The van der Waals surface area contributed by atoms with Crippen molar-refractivity contribution in [3.63, 3.8) is 0 Å². The molecular weight excluding hydrogens is 379 g/mol. The van der Waals surface area contributed by atoms with E-state index in [4.69, 9.17) is 16.6 Å². The lowest BCUT2D eigenvalue weighted by atomic mass is 9.94. The van der Waals surface area contributed by atoms with Gasteiger partial charge in [0.05, 0.1) is 10.7 Å². The molecule has 0 amide bonds. The number of pyridine rings is 1. The Labute approximate surface area is 168 Å². The van der Waals surface area contributed by atoms with Crippen LogP contribution in [0.15, 0.2) is 40.6 Å². The van der Waals surface area contributed by atoms with Crippen molar-refractivity contribution in [1.29, 1.82) is 0 Å². The van der Waals surface area contributed by atoms with Crippen molar-refractivity contribution >= 4 is 28.8 Å². The molecule has 0 aliphatic carbocycles. The minimum Gasteiger partial charge on any atom is -0.411 e. The summed E-state index contributed by atoms with van der Waals surface area (Å²) in [6.45, 7) is 1.07. The fraction of sp³-hybridized carbons (Fsp3) is 0.381. The highest BCUT2D eigenvalue weighted by Gasteiger charge is 2.24. The second-order valence-electron chi connectivity index (χ2n) is 7.34. The first kappa shape index (κ1) is 19.0. The van der Waals surface area contributed by atoms with Crippen molar-refractivity contribution in [2.45, 2.75) is 44.6 Å². The Hall–Kier alpha value is -2.31. The molecule has 0 spiro atoms. The van der Waals surface area contributed by atoms with Gasteiger partial charge in [-0.1, -0.05) is 29.2 Å². The Morgan fingerprint density at radius 3 is 2.96 bits per heavy atom. The third-order valence-corrected chi connectivity index (χ3v) is 5.65. The number of nitrogens with one attached hydrogen (secondary N) is 1. The number of halogens is 2. The zero-order valence-electron chi connectivity index (χ0n) is 15.5. The molecule has 7 heteroatoms. The van der Waals surface area contributed by atoms with Gasteiger partial charge in [-0.15, -0.1) is 0 Å². The summed E-state index contributed by atoms with van der Waals surface area (Å²) in [5.74, 6) is 0.230. The monoisotopic (exact) mass is 400 g/mol. The maximum Gasteiger partial charge on any atom is 0.155 e. The van der Waals surface area contributed by atoms with Gasteiger partial charge in [-0.2, -0.15) is 0 Å². The Morgan fingerprint density at radius 2 is 2.21 bits per heavy atom. The summed E-state index contributed by atoms with van der Waals surface area (Å²) in [5.41, 5.74) is 4.18. The van der Waals surface area contributed by atoms with E-state index in [0.29, 0.717) is 30.4 Å². The molecule has 0 radical (unpaired) electrons. The third kappa shape index (κ3) is 4.08. The van der Waals surface area contributed by atoms with Gasteiger partial charge in [-0.3, -0.25) is 0 Å². The number of nitrogens with zero attached hydrogens (tertiary/aromatic N) is 3. The van der Waals surface area contributed by atoms with Crippen LogP contribution in [0, 0.1) is 5.82 Å². The molecule has 2 aromatic rings. The molecule has 0 bridgehead atoms. The van der Waals surface area contributed by atoms with E-state index < -0.39 is 5.82 Å². The largest absolute Gasteiger partial charge is 0.411 e. The summed E-state index contributed by atoms with van der Waals surface area (Å²) in [4.78, 5) is 9.11. The molecule has 3 heterocycles. The minimum atomic E-state index is -0.466. The summed E-state index contributed by atoms with van der Waals surface area (Å²) >= 11 is 5.88. The van der Waals surface area contributed by atoms with E-state index in [1.54, 1.807) is 18.3 Å². The fourth-order valence-electron chi connectivity index (χ4n) is 3.94. The predicted octanol–water partition coefficient (Wildman–Crippen LogP) is 4.46. The molecule has 1 aromatic heterocycles. The lowest BCUT2D eigenvalue weighted by Gasteiger charge is -2.23. The van der Waals surface area contributed by atoms with E-state index in [0.717, 1.165) is 35.4 Å². The molecule has 2 aliphatic heterocycles. The number of fused-ring (bicyclic) bond motifs is 1. The zero-order chi connectivity index (χ0) is 19.5. The van der Waals surface area contributed by atoms with Crippen LogP contribution in [0.3, 0.4) is 0 Å². The first-order valence-electron chi connectivity index (χ1n) is 9.57. The molecule has 2 N–H and O–H groups in total. The molecule has 4 rings (SSSR count). The Balaban J connectivity index is 1.53. The number of benzene rings is 1. The van der Waals surface area contributed by atoms with Crippen molar-refractivity contribution < 1.29 is 9.60 Å². The normalized spacial score (nSPS) is 19.4. The highest BCUT2D eigenvalue weighted by Crippen LogP contribution is 2.30. The van der Waals surface area contributed by atoms with Gasteiger partial charge in [0.15, 0.2) is 5.82 Å². The number of rotatable bonds is 5. The van der Waals surface area contributed by atoms with E-state index in [9.17, 15) is 9.60 Å². The van der Waals surface area contributed by atoms with Crippen molar-refractivity contribution in [2.75, 3.05) is 6.54 Å². The van der Waals surface area contributed by atoms with Crippen LogP contribution in [0.1, 0.15) is 42.4 Å². The number of hydrogen-bond donors (Lipinski definition) is 2. The zero-order valence-corrected chi connectivity index (χ0v) is 16.2. The average Bonchev–Trinajstić information content (AvgIpc) is 3.12. The molecule has 5 nitrogen and oxygen atoms in total. The van der Waals surface area contributed by atoms with E-state index >= 15 is 0 Å². The van der Waals surface area contributed by atoms with Crippen LogP contribution in [0.2, 0.25) is 5.02 Å². The van der Waals surface area contributed by atoms with Gasteiger partial charge >= 0.3 is 0 Å². The van der Waals surface area contributed by atoms with Crippen LogP contribution in [-0.2, 0) is 12.8 Å². The van der Waals surface area contributed by atoms with Gasteiger partial charge in [0, 0.05) is 48.3 Å². The molecular formula is C21H22ClFN4O. The lowest BCUT2D eigenvalue weighted by molar-refractivity contribution is 0.318. The van der Waals surface area contributed by atoms with Crippen molar-refractivity contribution in [1.82, 2.24) is 10.3 Å². The summed E-state index contributed by atoms with van der Waals surface area (Å²) in [5, 5.41) is 16.8. The maximum absolute atomic E-state index is 13.4. The van der Waals surface area contributed by atoms with Crippen molar-refractivity contribution in [3.8, 4) is 0 Å². The molecule has 1 aromatic carbocycles. The lowest BCUT2D eigenvalue weighted by Crippen LogP contribution is -2.35. The average molecular weight is 401 g/mol. The van der Waals surface area contributed by atoms with E-state index in [2.05, 4.69) is 15.5 Å². The minimum absolute atomic E-state index is 0.0559. The van der Waals surface area contributed by atoms with Crippen LogP contribution in [0.5, 0.6) is 0 Å². The third-order valence-electron chi connectivity index (χ3n) is 5.36. The fourth-order valence-corrected chi connectivity index (χ4v) is 4.15. The number of aliphatic imine (C=N–C) groups is 1. The Bertz CT molecular complexity index is 938. The van der Waals surface area contributed by atoms with E-state index in [1.807, 2.05) is 6.07 Å². The molecule has 0 saturated carbocycles. The molecule has 1 unspecified atom stereocenters. The highest BCUT2D eigenvalue weighted by molar-refractivity contribution is 6.30. The smallest absolute Gasteiger partial charge is 0.155 e. The van der Waals surface area contributed by atoms with Crippen LogP contribution >= 0.6 is 11.6 Å². The summed E-state index contributed by atoms with van der Waals surface area (Å²) in [7, 11) is 0. The predicted molar refractivity (Wildman–Crippen MR) is 109 cm³/mol. The number of aromatic nitrogens is 1. The van der Waals surface area contributed by atoms with Gasteiger partial charge in [0.1, 0.15) is 5.82 Å². The summed E-state index contributed by atoms with van der Waals surface area (Å²) in [6, 6.07) is 6.83. The Kier molecular flexibility index (Phi) is 5.69. The van der Waals surface area contributed by atoms with Crippen LogP contribution in [-0.4, -0.2) is 34.2 Å². The molecule has 28 heavy (non-hydrogen) atoms. The second-order valence-corrected chi connectivity index (χ2v) is 7.75. The van der Waals surface area contributed by atoms with Gasteiger partial charge < -0.3 is 10.5 Å². The van der Waals surface area contributed by atoms with Crippen LogP contribution in [0.4, 0.5) is 10.2 Å². The quantitative estimate of drug-likeness (QED) is 0.442. The Morgan fingerprint density at radius 1 is 1.32 bits per heavy atom. The van der Waals surface area contributed by atoms with Gasteiger partial charge in [0.25, 0.3) is 0 Å². The topological polar surface area (TPSA) is 69.9 Å². The van der Waals surface area contributed by atoms with E-state index in [-0.39, 0.29) is 5.02 Å². The van der Waals surface area contributed by atoms with E-state index in [1.165, 1.54) is 25.3 Å². The SMILES string of the molecule is O/N=C(\Cc1ccc(F)c(Cl)c1)c1ccnc2c1CC(CC1CCCCN1)=N2. The molecule has 146 valence electrons. The van der Waals surface area contributed by atoms with Crippen molar-refractivity contribution in [3.05, 3.63) is 58.0 Å². The number of hydrogen-bond acceptors (Lipinski definition) is 5. The summed E-state index contributed by atoms with van der Waals surface area (Å²) in [6.07, 6.45) is 7.30. The second kappa shape index (κ2) is 8.37. The van der Waals surface area contributed by atoms with Gasteiger partial charge in [-0.25, -0.2) is 14.4 Å². The van der Waals surface area contributed by atoms with Crippen LogP contribution in [0.25, 0.3) is 0 Å². The molecule has 1 atom stereocenters. The number of piperidine rings is 1. The molecule has 2 aliphatic rings. The highest BCUT2D eigenvalue weighted by atomic mass is 35.5. The first-order chi connectivity index (χ1) is 13.6. The maximum atomic E-state index is 13.4. The standard InChI is InChI=1S/C21H22ClFN4O/c22-18-9-13(4-5-19(18)23)10-20(27-28)16-6-8-25-21-17(16)12-15(26-21)11-14-3-1-2-7-24-14/h4-6,8-9,14,24,28H,1-3,7,10-12H2/b27-20+. The van der Waals surface area contributed by atoms with Gasteiger partial charge in [-0.05, 0) is 43.1 Å². The van der Waals surface area contributed by atoms with Gasteiger partial charge in [0.2, 0.25) is 0 Å².